The van der Waals surface area contributed by atoms with Crippen LogP contribution in [0.5, 0.6) is 0 Å². The van der Waals surface area contributed by atoms with Crippen molar-refractivity contribution < 1.29 is 9.84 Å². The van der Waals surface area contributed by atoms with E-state index in [1.165, 1.54) is 144 Å². The summed E-state index contributed by atoms with van der Waals surface area (Å²) in [6.45, 7) is 20.3. The van der Waals surface area contributed by atoms with Gasteiger partial charge in [-0.05, 0) is 90.1 Å². The third kappa shape index (κ3) is 47.5. The summed E-state index contributed by atoms with van der Waals surface area (Å²) in [4.78, 5) is 0. The van der Waals surface area contributed by atoms with Gasteiger partial charge in [-0.3, -0.25) is 0 Å². The Morgan fingerprint density at radius 1 is 0.811 bits per heavy atom. The minimum Gasteiger partial charge on any atom is -0.474 e. The molecule has 1 aliphatic rings. The smallest absolute Gasteiger partial charge is 0.0829 e. The van der Waals surface area contributed by atoms with E-state index in [1.54, 1.807) is 0 Å². The summed E-state index contributed by atoms with van der Waals surface area (Å²) in [5.41, 5.74) is 26.5. The first kappa shape index (κ1) is 54.9. The van der Waals surface area contributed by atoms with Crippen LogP contribution in [0.1, 0.15) is 155 Å². The predicted molar refractivity (Wildman–Crippen MR) is 237 cm³/mol. The number of unbranched alkanes of at least 4 members (excludes halogenated alkanes) is 13. The maximum absolute atomic E-state index is 7.99. The molecule has 0 aromatic heterocycles. The van der Waals surface area contributed by atoms with Gasteiger partial charge in [0.1, 0.15) is 0 Å². The summed E-state index contributed by atoms with van der Waals surface area (Å²) in [5.74, 6) is 0. The van der Waals surface area contributed by atoms with E-state index in [0.29, 0.717) is 25.7 Å². The number of nitrogens with two attached hydrogens (primary N) is 4. The third-order valence-electron chi connectivity index (χ3n) is 8.61. The van der Waals surface area contributed by atoms with Crippen molar-refractivity contribution in [2.24, 2.45) is 22.9 Å². The van der Waals surface area contributed by atoms with E-state index in [0.717, 1.165) is 32.4 Å². The van der Waals surface area contributed by atoms with E-state index >= 15 is 0 Å². The van der Waals surface area contributed by atoms with E-state index in [2.05, 4.69) is 92.6 Å². The highest BCUT2D eigenvalue weighted by Crippen LogP contribution is 2.14. The summed E-state index contributed by atoms with van der Waals surface area (Å²) in [7, 11) is 0. The van der Waals surface area contributed by atoms with Gasteiger partial charge in [0.25, 0.3) is 0 Å². The second kappa shape index (κ2) is 47.6. The van der Waals surface area contributed by atoms with Gasteiger partial charge >= 0.3 is 0 Å². The van der Waals surface area contributed by atoms with Crippen molar-refractivity contribution >= 4 is 5.69 Å². The molecule has 2 rings (SSSR count). The predicted octanol–water partition coefficient (Wildman–Crippen LogP) is 9.99. The number of rotatable bonds is 26. The van der Waals surface area contributed by atoms with Crippen LogP contribution in [-0.2, 0) is 11.3 Å². The molecule has 0 spiro atoms. The topological polar surface area (TPSA) is 158 Å². The number of benzene rings is 1. The Labute approximate surface area is 328 Å². The molecule has 0 unspecified atom stereocenters. The minimum atomic E-state index is 0.219. The maximum Gasteiger partial charge on any atom is 0.0829 e. The molecular formula is C45H88N6O2. The second-order valence-electron chi connectivity index (χ2n) is 13.9. The van der Waals surface area contributed by atoms with Crippen molar-refractivity contribution in [1.29, 1.82) is 0 Å². The molecule has 1 atom stereocenters. The lowest BCUT2D eigenvalue weighted by molar-refractivity contribution is 0.291. The minimum absolute atomic E-state index is 0.219. The standard InChI is InChI=1S/C23H42N2.C10H19N.C5H12N2.C4H6O.C3H9NO/c1-2-3-4-5-6-7-8-9-10-11-12-13-14-15-20-25-23-18-16-22(21-24)17-19-23;1-9(2)5-4-6-10(3)7-8-11;6-4-5-2-1-3-7-5;1-3-5-4-2;4-2-1-3-5/h16-19,25H,2-15,20-21,24H2,1H3;5,7H,4,6,8,11H2,1-3H3;5,7H,1-4,6H2;3-4H,1-2H2;5H,1-4H2/t;;5-;;/m..0../s1. The van der Waals surface area contributed by atoms with Crippen LogP contribution in [0.2, 0.25) is 0 Å². The van der Waals surface area contributed by atoms with E-state index in [-0.39, 0.29) is 6.61 Å². The van der Waals surface area contributed by atoms with Crippen molar-refractivity contribution in [3.63, 3.8) is 0 Å². The Morgan fingerprint density at radius 2 is 1.36 bits per heavy atom. The zero-order chi connectivity index (χ0) is 40.0. The van der Waals surface area contributed by atoms with Crippen LogP contribution in [-0.4, -0.2) is 50.5 Å². The summed E-state index contributed by atoms with van der Waals surface area (Å²) < 4.78 is 4.36. The molecule has 1 fully saturated rings. The molecule has 1 aromatic rings. The molecule has 1 aliphatic heterocycles. The molecule has 8 nitrogen and oxygen atoms in total. The van der Waals surface area contributed by atoms with Crippen molar-refractivity contribution in [3.05, 3.63) is 78.8 Å². The van der Waals surface area contributed by atoms with Crippen molar-refractivity contribution in [3.8, 4) is 0 Å². The molecule has 1 heterocycles. The van der Waals surface area contributed by atoms with Gasteiger partial charge in [-0.15, -0.1) is 0 Å². The summed E-state index contributed by atoms with van der Waals surface area (Å²) in [5, 5.41) is 14.8. The summed E-state index contributed by atoms with van der Waals surface area (Å²) >= 11 is 0. The fraction of sp³-hybridized carbons (Fsp3) is 0.689. The van der Waals surface area contributed by atoms with E-state index < -0.39 is 0 Å². The Kier molecular flexibility index (Phi) is 49.2. The van der Waals surface area contributed by atoms with Gasteiger partial charge < -0.3 is 43.4 Å². The molecule has 53 heavy (non-hydrogen) atoms. The van der Waals surface area contributed by atoms with Gasteiger partial charge in [0.05, 0.1) is 12.5 Å². The Balaban J connectivity index is -0.000000725. The van der Waals surface area contributed by atoms with Crippen LogP contribution in [0, 0.1) is 0 Å². The van der Waals surface area contributed by atoms with Crippen LogP contribution in [0.25, 0.3) is 0 Å². The van der Waals surface area contributed by atoms with Crippen LogP contribution in [0.15, 0.2) is 73.2 Å². The van der Waals surface area contributed by atoms with Gasteiger partial charge in [0.2, 0.25) is 0 Å². The van der Waals surface area contributed by atoms with Crippen LogP contribution in [0.4, 0.5) is 5.69 Å². The van der Waals surface area contributed by atoms with Gasteiger partial charge in [-0.1, -0.05) is 139 Å². The lowest BCUT2D eigenvalue weighted by atomic mass is 10.0. The molecule has 0 amide bonds. The van der Waals surface area contributed by atoms with Crippen LogP contribution >= 0.6 is 0 Å². The number of aliphatic hydroxyl groups is 1. The number of anilines is 1. The highest BCUT2D eigenvalue weighted by atomic mass is 16.5. The van der Waals surface area contributed by atoms with E-state index in [4.69, 9.17) is 28.0 Å². The zero-order valence-electron chi connectivity index (χ0n) is 35.2. The second-order valence-corrected chi connectivity index (χ2v) is 13.9. The van der Waals surface area contributed by atoms with Crippen molar-refractivity contribution in [2.45, 2.75) is 162 Å². The van der Waals surface area contributed by atoms with Gasteiger partial charge in [-0.25, -0.2) is 0 Å². The fourth-order valence-electron chi connectivity index (χ4n) is 5.32. The molecule has 11 N–H and O–H groups in total. The Bertz CT molecular complexity index is 917. The fourth-order valence-corrected chi connectivity index (χ4v) is 5.32. The SMILES string of the molecule is C=COC=C.CC(C)=CCCC(C)=CCN.CCCCCCCCCCCCCCCCNc1ccc(CN)cc1.NCCCO.NC[C@@H]1CCCN1. The number of hydrogen-bond acceptors (Lipinski definition) is 8. The quantitative estimate of drug-likeness (QED) is 0.0281. The largest absolute Gasteiger partial charge is 0.474 e. The van der Waals surface area contributed by atoms with Crippen molar-refractivity contribution in [2.75, 3.05) is 44.6 Å². The molecule has 8 heteroatoms. The first-order chi connectivity index (χ1) is 25.8. The monoisotopic (exact) mass is 745 g/mol. The first-order valence-corrected chi connectivity index (χ1v) is 20.9. The number of aliphatic hydroxyl groups excluding tert-OH is 1. The lowest BCUT2D eigenvalue weighted by Gasteiger charge is -2.07. The van der Waals surface area contributed by atoms with E-state index in [9.17, 15) is 0 Å². The number of nitrogens with one attached hydrogen (secondary N) is 2. The van der Waals surface area contributed by atoms with Crippen LogP contribution < -0.4 is 33.6 Å². The molecule has 1 aromatic carbocycles. The maximum atomic E-state index is 7.99. The Morgan fingerprint density at radius 3 is 1.70 bits per heavy atom. The van der Waals surface area contributed by atoms with E-state index in [1.807, 2.05) is 0 Å². The van der Waals surface area contributed by atoms with Gasteiger partial charge in [-0.2, -0.15) is 0 Å². The Hall–Kier alpha value is -2.46. The summed E-state index contributed by atoms with van der Waals surface area (Å²) in [6.07, 6.45) is 32.4. The average molecular weight is 745 g/mol. The number of allylic oxidation sites excluding steroid dienone is 3. The average Bonchev–Trinajstić information content (AvgIpc) is 3.70. The molecule has 0 saturated carbocycles. The third-order valence-corrected chi connectivity index (χ3v) is 8.61. The highest BCUT2D eigenvalue weighted by Gasteiger charge is 2.10. The molecule has 0 aliphatic carbocycles. The lowest BCUT2D eigenvalue weighted by Crippen LogP contribution is -2.29. The van der Waals surface area contributed by atoms with Gasteiger partial charge in [0.15, 0.2) is 0 Å². The molecule has 0 bridgehead atoms. The molecule has 0 radical (unpaired) electrons. The molecule has 310 valence electrons. The van der Waals surface area contributed by atoms with Crippen LogP contribution in [0.3, 0.4) is 0 Å². The number of hydrogen-bond donors (Lipinski definition) is 7. The van der Waals surface area contributed by atoms with Gasteiger partial charge in [0, 0.05) is 44.5 Å². The van der Waals surface area contributed by atoms with Crippen molar-refractivity contribution in [1.82, 2.24) is 5.32 Å². The molecular weight excluding hydrogens is 657 g/mol. The first-order valence-electron chi connectivity index (χ1n) is 20.9. The number of ether oxygens (including phenoxy) is 1. The zero-order valence-corrected chi connectivity index (χ0v) is 35.2. The normalized spacial score (nSPS) is 13.0. The molecule has 1 saturated heterocycles. The highest BCUT2D eigenvalue weighted by molar-refractivity contribution is 5.44. The summed E-state index contributed by atoms with van der Waals surface area (Å²) in [6, 6.07) is 9.10.